The van der Waals surface area contributed by atoms with Crippen molar-refractivity contribution in [2.75, 3.05) is 7.05 Å². The molecule has 1 aromatic rings. The maximum atomic E-state index is 4.41. The van der Waals surface area contributed by atoms with Gasteiger partial charge in [-0.2, -0.15) is 0 Å². The molecule has 0 bridgehead atoms. The van der Waals surface area contributed by atoms with Crippen LogP contribution in [0.25, 0.3) is 0 Å². The van der Waals surface area contributed by atoms with Crippen molar-refractivity contribution in [3.63, 3.8) is 0 Å². The van der Waals surface area contributed by atoms with Gasteiger partial charge in [0, 0.05) is 5.38 Å². The third-order valence-corrected chi connectivity index (χ3v) is 2.54. The molecule has 0 radical (unpaired) electrons. The average Bonchev–Trinajstić information content (AvgIpc) is 2.47. The molecule has 1 rings (SSSR count). The molecule has 0 aliphatic carbocycles. The van der Waals surface area contributed by atoms with Crippen LogP contribution in [-0.2, 0) is 0 Å². The van der Waals surface area contributed by atoms with Crippen LogP contribution in [0.2, 0.25) is 0 Å². The summed E-state index contributed by atoms with van der Waals surface area (Å²) in [4.78, 5) is 4.41. The van der Waals surface area contributed by atoms with E-state index in [9.17, 15) is 0 Å². The van der Waals surface area contributed by atoms with Gasteiger partial charge in [0.05, 0.1) is 16.7 Å². The van der Waals surface area contributed by atoms with Crippen molar-refractivity contribution >= 4 is 11.3 Å². The molecule has 0 saturated heterocycles. The van der Waals surface area contributed by atoms with Gasteiger partial charge in [-0.3, -0.25) is 0 Å². The van der Waals surface area contributed by atoms with Crippen molar-refractivity contribution < 1.29 is 0 Å². The van der Waals surface area contributed by atoms with E-state index >= 15 is 0 Å². The Bertz CT molecular complexity index is 255. The van der Waals surface area contributed by atoms with E-state index in [2.05, 4.69) is 22.3 Å². The third kappa shape index (κ3) is 2.16. The van der Waals surface area contributed by atoms with Gasteiger partial charge in [-0.25, -0.2) is 4.98 Å². The Balaban J connectivity index is 2.72. The van der Waals surface area contributed by atoms with Crippen molar-refractivity contribution in [1.29, 1.82) is 0 Å². The lowest BCUT2D eigenvalue weighted by atomic mass is 10.1. The summed E-state index contributed by atoms with van der Waals surface area (Å²) in [5.74, 6) is 0. The molecule has 0 spiro atoms. The highest BCUT2D eigenvalue weighted by Crippen LogP contribution is 2.18. The summed E-state index contributed by atoms with van der Waals surface area (Å²) in [6.45, 7) is 5.74. The predicted molar refractivity (Wildman–Crippen MR) is 53.5 cm³/mol. The zero-order valence-electron chi connectivity index (χ0n) is 7.50. The fourth-order valence-electron chi connectivity index (χ4n) is 1.09. The first kappa shape index (κ1) is 9.42. The summed E-state index contributed by atoms with van der Waals surface area (Å²) in [5.41, 5.74) is 1.12. The molecule has 3 heteroatoms. The summed E-state index contributed by atoms with van der Waals surface area (Å²) < 4.78 is 0. The van der Waals surface area contributed by atoms with E-state index in [4.69, 9.17) is 0 Å². The Hall–Kier alpha value is -0.670. The van der Waals surface area contributed by atoms with Gasteiger partial charge in [0.15, 0.2) is 0 Å². The Morgan fingerprint density at radius 2 is 2.58 bits per heavy atom. The Morgan fingerprint density at radius 1 is 1.83 bits per heavy atom. The lowest BCUT2D eigenvalue weighted by molar-refractivity contribution is 0.589. The van der Waals surface area contributed by atoms with E-state index in [-0.39, 0.29) is 0 Å². The Kier molecular flexibility index (Phi) is 3.44. The largest absolute Gasteiger partial charge is 0.311 e. The van der Waals surface area contributed by atoms with Crippen LogP contribution < -0.4 is 5.32 Å². The average molecular weight is 182 g/mol. The van der Waals surface area contributed by atoms with Gasteiger partial charge >= 0.3 is 0 Å². The topological polar surface area (TPSA) is 24.9 Å². The van der Waals surface area contributed by atoms with Gasteiger partial charge in [0.25, 0.3) is 0 Å². The summed E-state index contributed by atoms with van der Waals surface area (Å²) in [6, 6.07) is 0.326. The van der Waals surface area contributed by atoms with Crippen LogP contribution in [0.4, 0.5) is 0 Å². The van der Waals surface area contributed by atoms with Gasteiger partial charge < -0.3 is 5.32 Å². The molecule has 0 saturated carbocycles. The minimum absolute atomic E-state index is 0.326. The molecular formula is C9H14N2S. The zero-order valence-corrected chi connectivity index (χ0v) is 8.32. The molecule has 66 valence electrons. The monoisotopic (exact) mass is 182 g/mol. The minimum atomic E-state index is 0.326. The fourth-order valence-corrected chi connectivity index (χ4v) is 1.76. The maximum absolute atomic E-state index is 4.41. The quantitative estimate of drug-likeness (QED) is 0.723. The third-order valence-electron chi connectivity index (χ3n) is 1.74. The lowest BCUT2D eigenvalue weighted by Crippen LogP contribution is -2.15. The highest BCUT2D eigenvalue weighted by molar-refractivity contribution is 7.09. The van der Waals surface area contributed by atoms with Crippen LogP contribution in [0, 0.1) is 6.92 Å². The first-order chi connectivity index (χ1) is 5.77. The summed E-state index contributed by atoms with van der Waals surface area (Å²) in [5, 5.41) is 6.42. The van der Waals surface area contributed by atoms with Crippen LogP contribution in [0.3, 0.4) is 0 Å². The van der Waals surface area contributed by atoms with Crippen molar-refractivity contribution in [3.8, 4) is 0 Å². The molecule has 1 N–H and O–H groups in total. The number of hydrogen-bond acceptors (Lipinski definition) is 3. The molecule has 2 nitrogen and oxygen atoms in total. The molecule has 0 aliphatic rings. The van der Waals surface area contributed by atoms with Crippen LogP contribution in [0.15, 0.2) is 18.0 Å². The van der Waals surface area contributed by atoms with E-state index in [1.165, 1.54) is 0 Å². The van der Waals surface area contributed by atoms with Crippen LogP contribution >= 0.6 is 11.3 Å². The molecule has 1 unspecified atom stereocenters. The maximum Gasteiger partial charge on any atom is 0.0898 e. The molecule has 1 aromatic heterocycles. The van der Waals surface area contributed by atoms with E-state index in [1.807, 2.05) is 20.0 Å². The molecular weight excluding hydrogens is 168 g/mol. The number of aryl methyl sites for hydroxylation is 1. The number of nitrogens with zero attached hydrogens (tertiary/aromatic N) is 1. The number of aromatic nitrogens is 1. The van der Waals surface area contributed by atoms with Gasteiger partial charge in [-0.05, 0) is 20.4 Å². The number of thiazole rings is 1. The smallest absolute Gasteiger partial charge is 0.0898 e. The van der Waals surface area contributed by atoms with Gasteiger partial charge in [-0.1, -0.05) is 6.08 Å². The number of nitrogens with one attached hydrogen (secondary N) is 1. The molecule has 0 aromatic carbocycles. The summed E-state index contributed by atoms with van der Waals surface area (Å²) in [7, 11) is 1.95. The second kappa shape index (κ2) is 4.38. The second-order valence-corrected chi connectivity index (χ2v) is 3.72. The molecule has 0 aliphatic heterocycles. The highest BCUT2D eigenvalue weighted by atomic mass is 32.1. The highest BCUT2D eigenvalue weighted by Gasteiger charge is 2.09. The number of hydrogen-bond donors (Lipinski definition) is 1. The minimum Gasteiger partial charge on any atom is -0.311 e. The van der Waals surface area contributed by atoms with Gasteiger partial charge in [0.1, 0.15) is 0 Å². The molecule has 0 fully saturated rings. The SMILES string of the molecule is C=CCC(NC)c1csc(C)n1. The fraction of sp³-hybridized carbons (Fsp3) is 0.444. The lowest BCUT2D eigenvalue weighted by Gasteiger charge is -2.10. The predicted octanol–water partition coefficient (Wildman–Crippen LogP) is 2.29. The zero-order chi connectivity index (χ0) is 8.97. The van der Waals surface area contributed by atoms with Crippen molar-refractivity contribution in [2.24, 2.45) is 0 Å². The summed E-state index contributed by atoms with van der Waals surface area (Å²) in [6.07, 6.45) is 2.84. The Morgan fingerprint density at radius 3 is 3.00 bits per heavy atom. The Labute approximate surface area is 77.3 Å². The van der Waals surface area contributed by atoms with Crippen molar-refractivity contribution in [2.45, 2.75) is 19.4 Å². The standard InChI is InChI=1S/C9H14N2S/c1-4-5-8(10-3)9-6-12-7(2)11-9/h4,6,8,10H,1,5H2,2-3H3. The van der Waals surface area contributed by atoms with Gasteiger partial charge in [-0.15, -0.1) is 17.9 Å². The van der Waals surface area contributed by atoms with E-state index in [1.54, 1.807) is 11.3 Å². The van der Waals surface area contributed by atoms with Gasteiger partial charge in [0.2, 0.25) is 0 Å². The van der Waals surface area contributed by atoms with Crippen LogP contribution in [0.1, 0.15) is 23.2 Å². The second-order valence-electron chi connectivity index (χ2n) is 2.66. The molecule has 1 atom stereocenters. The molecule has 12 heavy (non-hydrogen) atoms. The van der Waals surface area contributed by atoms with E-state index in [0.29, 0.717) is 6.04 Å². The van der Waals surface area contributed by atoms with Crippen LogP contribution in [-0.4, -0.2) is 12.0 Å². The first-order valence-corrected chi connectivity index (χ1v) is 4.86. The number of rotatable bonds is 4. The normalized spacial score (nSPS) is 12.8. The van der Waals surface area contributed by atoms with Crippen LogP contribution in [0.5, 0.6) is 0 Å². The van der Waals surface area contributed by atoms with E-state index in [0.717, 1.165) is 17.1 Å². The first-order valence-electron chi connectivity index (χ1n) is 3.98. The van der Waals surface area contributed by atoms with E-state index < -0.39 is 0 Å². The molecule has 1 heterocycles. The van der Waals surface area contributed by atoms with Crippen molar-refractivity contribution in [1.82, 2.24) is 10.3 Å². The van der Waals surface area contributed by atoms with Crippen molar-refractivity contribution in [3.05, 3.63) is 28.7 Å². The molecule has 0 amide bonds. The summed E-state index contributed by atoms with van der Waals surface area (Å²) >= 11 is 1.69.